The monoisotopic (exact) mass is 354 g/mol. The standard InChI is InChI=1S/C19H30N2O2.ClH/c1-2-11-21(17-9-10-20-13-17)14-16-5-7-18(8-6-16)23-15-19-4-3-12-22-19;/h5-8,17,19-20H,2-4,9-15H2,1H3;1H. The highest BCUT2D eigenvalue weighted by Gasteiger charge is 2.21. The van der Waals surface area contributed by atoms with Crippen LogP contribution in [0.5, 0.6) is 5.75 Å². The molecule has 24 heavy (non-hydrogen) atoms. The first-order valence-electron chi connectivity index (χ1n) is 9.13. The van der Waals surface area contributed by atoms with Gasteiger partial charge in [0.2, 0.25) is 0 Å². The molecule has 0 saturated carbocycles. The second-order valence-electron chi connectivity index (χ2n) is 6.71. The number of nitrogens with one attached hydrogen (secondary N) is 1. The molecular weight excluding hydrogens is 324 g/mol. The van der Waals surface area contributed by atoms with Crippen LogP contribution in [0.3, 0.4) is 0 Å². The Kier molecular flexibility index (Phi) is 8.33. The Labute approximate surface area is 152 Å². The van der Waals surface area contributed by atoms with Crippen LogP contribution >= 0.6 is 12.4 Å². The minimum atomic E-state index is 0. The topological polar surface area (TPSA) is 33.7 Å². The molecule has 0 spiro atoms. The van der Waals surface area contributed by atoms with E-state index in [-0.39, 0.29) is 18.5 Å². The van der Waals surface area contributed by atoms with Gasteiger partial charge in [0.05, 0.1) is 6.10 Å². The van der Waals surface area contributed by atoms with Crippen molar-refractivity contribution in [3.05, 3.63) is 29.8 Å². The van der Waals surface area contributed by atoms with Crippen molar-refractivity contribution in [2.45, 2.75) is 51.3 Å². The molecule has 2 unspecified atom stereocenters. The van der Waals surface area contributed by atoms with Crippen molar-refractivity contribution in [1.29, 1.82) is 0 Å². The molecule has 3 rings (SSSR count). The third-order valence-electron chi connectivity index (χ3n) is 4.83. The smallest absolute Gasteiger partial charge is 0.119 e. The summed E-state index contributed by atoms with van der Waals surface area (Å²) in [7, 11) is 0. The van der Waals surface area contributed by atoms with E-state index in [4.69, 9.17) is 9.47 Å². The van der Waals surface area contributed by atoms with E-state index in [0.29, 0.717) is 12.6 Å². The predicted octanol–water partition coefficient (Wildman–Crippen LogP) is 3.24. The molecule has 2 aliphatic heterocycles. The molecule has 2 heterocycles. The second-order valence-corrected chi connectivity index (χ2v) is 6.71. The molecule has 2 fully saturated rings. The van der Waals surface area contributed by atoms with E-state index in [0.717, 1.165) is 44.8 Å². The molecule has 5 heteroatoms. The summed E-state index contributed by atoms with van der Waals surface area (Å²) in [6, 6.07) is 9.29. The molecule has 1 aromatic rings. The Balaban J connectivity index is 0.00000208. The van der Waals surface area contributed by atoms with Gasteiger partial charge >= 0.3 is 0 Å². The van der Waals surface area contributed by atoms with E-state index in [2.05, 4.69) is 41.4 Å². The SMILES string of the molecule is CCCN(Cc1ccc(OCC2CCCO2)cc1)C1CCNC1.Cl. The quantitative estimate of drug-likeness (QED) is 0.777. The lowest BCUT2D eigenvalue weighted by atomic mass is 10.1. The molecule has 0 aliphatic carbocycles. The fraction of sp³-hybridized carbons (Fsp3) is 0.684. The van der Waals surface area contributed by atoms with E-state index in [1.54, 1.807) is 0 Å². The third kappa shape index (κ3) is 5.62. The summed E-state index contributed by atoms with van der Waals surface area (Å²) in [5.41, 5.74) is 1.37. The van der Waals surface area contributed by atoms with Crippen LogP contribution < -0.4 is 10.1 Å². The minimum Gasteiger partial charge on any atom is -0.491 e. The second kappa shape index (κ2) is 10.2. The van der Waals surface area contributed by atoms with Gasteiger partial charge in [-0.05, 0) is 56.5 Å². The highest BCUT2D eigenvalue weighted by Crippen LogP contribution is 2.19. The first-order valence-corrected chi connectivity index (χ1v) is 9.13. The Morgan fingerprint density at radius 3 is 2.71 bits per heavy atom. The third-order valence-corrected chi connectivity index (χ3v) is 4.83. The first kappa shape index (κ1) is 19.5. The molecule has 0 radical (unpaired) electrons. The number of benzene rings is 1. The molecule has 0 aromatic heterocycles. The van der Waals surface area contributed by atoms with E-state index in [1.165, 1.54) is 24.9 Å². The van der Waals surface area contributed by atoms with Gasteiger partial charge in [-0.3, -0.25) is 4.90 Å². The van der Waals surface area contributed by atoms with Crippen LogP contribution in [0.4, 0.5) is 0 Å². The Hall–Kier alpha value is -0.810. The lowest BCUT2D eigenvalue weighted by Gasteiger charge is -2.28. The van der Waals surface area contributed by atoms with Gasteiger partial charge in [0.25, 0.3) is 0 Å². The molecule has 2 aliphatic rings. The highest BCUT2D eigenvalue weighted by molar-refractivity contribution is 5.85. The average Bonchev–Trinajstić information content (AvgIpc) is 3.27. The largest absolute Gasteiger partial charge is 0.491 e. The van der Waals surface area contributed by atoms with E-state index < -0.39 is 0 Å². The maximum Gasteiger partial charge on any atom is 0.119 e. The van der Waals surface area contributed by atoms with Crippen molar-refractivity contribution < 1.29 is 9.47 Å². The van der Waals surface area contributed by atoms with Crippen LogP contribution in [0.2, 0.25) is 0 Å². The van der Waals surface area contributed by atoms with Crippen LogP contribution in [0.15, 0.2) is 24.3 Å². The van der Waals surface area contributed by atoms with Crippen molar-refractivity contribution in [1.82, 2.24) is 10.2 Å². The van der Waals surface area contributed by atoms with Crippen molar-refractivity contribution in [2.75, 3.05) is 32.8 Å². The van der Waals surface area contributed by atoms with Crippen molar-refractivity contribution in [3.8, 4) is 5.75 Å². The summed E-state index contributed by atoms with van der Waals surface area (Å²) in [5.74, 6) is 0.953. The van der Waals surface area contributed by atoms with Gasteiger partial charge in [-0.2, -0.15) is 0 Å². The fourth-order valence-electron chi connectivity index (χ4n) is 3.52. The normalized spacial score (nSPS) is 23.4. The van der Waals surface area contributed by atoms with Gasteiger partial charge in [0, 0.05) is 25.7 Å². The van der Waals surface area contributed by atoms with Gasteiger partial charge in [-0.1, -0.05) is 19.1 Å². The number of rotatable bonds is 8. The summed E-state index contributed by atoms with van der Waals surface area (Å²) in [6.07, 6.45) is 5.04. The molecule has 2 atom stereocenters. The van der Waals surface area contributed by atoms with Crippen LogP contribution in [0.1, 0.15) is 38.2 Å². The molecule has 0 amide bonds. The fourth-order valence-corrected chi connectivity index (χ4v) is 3.52. The zero-order valence-corrected chi connectivity index (χ0v) is 15.5. The summed E-state index contributed by atoms with van der Waals surface area (Å²) in [5, 5.41) is 3.48. The predicted molar refractivity (Wildman–Crippen MR) is 100 cm³/mol. The number of nitrogens with zero attached hydrogens (tertiary/aromatic N) is 1. The van der Waals surface area contributed by atoms with Crippen molar-refractivity contribution in [2.24, 2.45) is 0 Å². The van der Waals surface area contributed by atoms with E-state index in [9.17, 15) is 0 Å². The van der Waals surface area contributed by atoms with Gasteiger partial charge in [0.1, 0.15) is 12.4 Å². The van der Waals surface area contributed by atoms with E-state index >= 15 is 0 Å². The molecule has 1 N–H and O–H groups in total. The summed E-state index contributed by atoms with van der Waals surface area (Å²) >= 11 is 0. The van der Waals surface area contributed by atoms with Gasteiger partial charge < -0.3 is 14.8 Å². The maximum atomic E-state index is 5.85. The Bertz CT molecular complexity index is 457. The number of hydrogen-bond acceptors (Lipinski definition) is 4. The maximum absolute atomic E-state index is 5.85. The zero-order chi connectivity index (χ0) is 15.9. The summed E-state index contributed by atoms with van der Waals surface area (Å²) < 4.78 is 11.4. The molecule has 2 saturated heterocycles. The van der Waals surface area contributed by atoms with Crippen molar-refractivity contribution in [3.63, 3.8) is 0 Å². The number of hydrogen-bond donors (Lipinski definition) is 1. The van der Waals surface area contributed by atoms with Gasteiger partial charge in [0.15, 0.2) is 0 Å². The molecule has 0 bridgehead atoms. The molecule has 4 nitrogen and oxygen atoms in total. The molecular formula is C19H31ClN2O2. The molecule has 1 aromatic carbocycles. The summed E-state index contributed by atoms with van der Waals surface area (Å²) in [4.78, 5) is 2.61. The number of ether oxygens (including phenoxy) is 2. The van der Waals surface area contributed by atoms with Gasteiger partial charge in [-0.15, -0.1) is 12.4 Å². The highest BCUT2D eigenvalue weighted by atomic mass is 35.5. The van der Waals surface area contributed by atoms with E-state index in [1.807, 2.05) is 0 Å². The summed E-state index contributed by atoms with van der Waals surface area (Å²) in [6.45, 7) is 8.31. The molecule has 136 valence electrons. The first-order chi connectivity index (χ1) is 11.3. The average molecular weight is 355 g/mol. The van der Waals surface area contributed by atoms with Gasteiger partial charge in [-0.25, -0.2) is 0 Å². The van der Waals surface area contributed by atoms with Crippen LogP contribution in [0, 0.1) is 0 Å². The van der Waals surface area contributed by atoms with Crippen LogP contribution in [-0.2, 0) is 11.3 Å². The van der Waals surface area contributed by atoms with Crippen LogP contribution in [0.25, 0.3) is 0 Å². The lowest BCUT2D eigenvalue weighted by molar-refractivity contribution is 0.0679. The zero-order valence-electron chi connectivity index (χ0n) is 14.7. The minimum absolute atomic E-state index is 0. The number of halogens is 1. The Morgan fingerprint density at radius 2 is 2.08 bits per heavy atom. The Morgan fingerprint density at radius 1 is 1.25 bits per heavy atom. The van der Waals surface area contributed by atoms with Crippen molar-refractivity contribution >= 4 is 12.4 Å². The lowest BCUT2D eigenvalue weighted by Crippen LogP contribution is -2.36. The van der Waals surface area contributed by atoms with Crippen LogP contribution in [-0.4, -0.2) is 49.9 Å².